The number of hydrogen-bond donors (Lipinski definition) is 1. The van der Waals surface area contributed by atoms with Crippen molar-refractivity contribution in [2.75, 3.05) is 0 Å². The molecule has 0 aliphatic rings. The third-order valence-corrected chi connectivity index (χ3v) is 1.61. The summed E-state index contributed by atoms with van der Waals surface area (Å²) >= 11 is 0. The van der Waals surface area contributed by atoms with Gasteiger partial charge in [-0.3, -0.25) is 5.73 Å². The van der Waals surface area contributed by atoms with Crippen LogP contribution in [0.25, 0.3) is 0 Å². The van der Waals surface area contributed by atoms with Gasteiger partial charge in [0.1, 0.15) is 0 Å². The number of aliphatic hydroxyl groups is 1. The summed E-state index contributed by atoms with van der Waals surface area (Å²) in [7, 11) is 0. The van der Waals surface area contributed by atoms with Gasteiger partial charge in [0.2, 0.25) is 0 Å². The number of aliphatic hydroxyl groups excluding tert-OH is 1. The second-order valence-electron chi connectivity index (χ2n) is 2.64. The Kier molecular flexibility index (Phi) is 2.63. The first kappa shape index (κ1) is 8.24. The second-order valence-corrected chi connectivity index (χ2v) is 2.64. The van der Waals surface area contributed by atoms with Gasteiger partial charge in [-0.15, -0.1) is 0 Å². The summed E-state index contributed by atoms with van der Waals surface area (Å²) in [6.45, 7) is 1.68. The van der Waals surface area contributed by atoms with E-state index >= 15 is 0 Å². The van der Waals surface area contributed by atoms with Crippen LogP contribution in [0.1, 0.15) is 18.6 Å². The molecule has 2 heteroatoms. The molecule has 1 rings (SSSR count). The number of nitrogens with one attached hydrogen (secondary N) is 1. The monoisotopic (exact) mass is 150 g/mol. The molecule has 0 bridgehead atoms. The molecule has 2 atom stereocenters. The Morgan fingerprint density at radius 1 is 1.27 bits per heavy atom. The highest BCUT2D eigenvalue weighted by Gasteiger charge is 2.11. The van der Waals surface area contributed by atoms with Crippen molar-refractivity contribution in [3.05, 3.63) is 35.9 Å². The first-order chi connectivity index (χ1) is 5.22. The lowest BCUT2D eigenvalue weighted by Gasteiger charge is -2.12. The van der Waals surface area contributed by atoms with Crippen molar-refractivity contribution in [1.29, 1.82) is 0 Å². The maximum Gasteiger partial charge on any atom is 0.0953 e. The molecule has 0 amide bonds. The van der Waals surface area contributed by atoms with Gasteiger partial charge in [0, 0.05) is 6.04 Å². The van der Waals surface area contributed by atoms with E-state index in [-0.39, 0.29) is 0 Å². The molecule has 0 unspecified atom stereocenters. The van der Waals surface area contributed by atoms with Crippen molar-refractivity contribution < 1.29 is 5.11 Å². The molecule has 0 saturated carbocycles. The Morgan fingerprint density at radius 3 is 2.27 bits per heavy atom. The maximum atomic E-state index is 9.41. The van der Waals surface area contributed by atoms with Crippen LogP contribution in [-0.2, 0) is 0 Å². The topological polar surface area (TPSA) is 44.0 Å². The molecule has 2 N–H and O–H groups in total. The molecule has 0 saturated heterocycles. The molecule has 0 fully saturated rings. The Balaban J connectivity index is 2.77. The minimum atomic E-state index is -0.656. The van der Waals surface area contributed by atoms with Crippen LogP contribution in [0.15, 0.2) is 30.3 Å². The van der Waals surface area contributed by atoms with E-state index in [2.05, 4.69) is 0 Å². The molecule has 11 heavy (non-hydrogen) atoms. The van der Waals surface area contributed by atoms with Crippen LogP contribution < -0.4 is 5.73 Å². The lowest BCUT2D eigenvalue weighted by molar-refractivity contribution is 0.150. The van der Waals surface area contributed by atoms with Gasteiger partial charge in [-0.05, 0) is 12.5 Å². The molecular weight excluding hydrogens is 138 g/mol. The zero-order chi connectivity index (χ0) is 8.27. The van der Waals surface area contributed by atoms with E-state index in [1.807, 2.05) is 30.3 Å². The Bertz CT molecular complexity index is 208. The summed E-state index contributed by atoms with van der Waals surface area (Å²) in [4.78, 5) is 0. The number of benzene rings is 1. The fraction of sp³-hybridized carbons (Fsp3) is 0.333. The number of rotatable bonds is 2. The van der Waals surface area contributed by atoms with Crippen molar-refractivity contribution in [3.63, 3.8) is 0 Å². The fourth-order valence-corrected chi connectivity index (χ4v) is 0.939. The van der Waals surface area contributed by atoms with Crippen molar-refractivity contribution in [1.82, 2.24) is 5.73 Å². The molecule has 1 aromatic carbocycles. The van der Waals surface area contributed by atoms with Crippen LogP contribution in [0.5, 0.6) is 0 Å². The average Bonchev–Trinajstić information content (AvgIpc) is 2.05. The molecule has 2 nitrogen and oxygen atoms in total. The molecule has 0 aliphatic carbocycles. The van der Waals surface area contributed by atoms with E-state index < -0.39 is 12.1 Å². The van der Waals surface area contributed by atoms with Gasteiger partial charge in [-0.1, -0.05) is 30.3 Å². The Labute approximate surface area is 66.7 Å². The second kappa shape index (κ2) is 3.51. The van der Waals surface area contributed by atoms with E-state index in [0.717, 1.165) is 5.56 Å². The van der Waals surface area contributed by atoms with E-state index in [9.17, 15) is 5.11 Å². The predicted molar refractivity (Wildman–Crippen MR) is 44.0 cm³/mol. The van der Waals surface area contributed by atoms with Crippen molar-refractivity contribution in [2.24, 2.45) is 0 Å². The van der Waals surface area contributed by atoms with Crippen LogP contribution in [0, 0.1) is 0 Å². The van der Waals surface area contributed by atoms with Crippen molar-refractivity contribution >= 4 is 0 Å². The first-order valence-corrected chi connectivity index (χ1v) is 3.66. The molecular formula is C9H12NO. The van der Waals surface area contributed by atoms with Crippen molar-refractivity contribution in [3.8, 4) is 0 Å². The summed E-state index contributed by atoms with van der Waals surface area (Å²) in [5.41, 5.74) is 8.09. The molecule has 1 radical (unpaired) electrons. The van der Waals surface area contributed by atoms with Gasteiger partial charge in [0.15, 0.2) is 0 Å². The molecule has 1 aromatic rings. The van der Waals surface area contributed by atoms with Gasteiger partial charge in [-0.25, -0.2) is 0 Å². The number of hydrogen-bond acceptors (Lipinski definition) is 1. The van der Waals surface area contributed by atoms with E-state index in [4.69, 9.17) is 5.73 Å². The zero-order valence-corrected chi connectivity index (χ0v) is 6.49. The highest BCUT2D eigenvalue weighted by molar-refractivity contribution is 5.18. The highest BCUT2D eigenvalue weighted by atomic mass is 16.3. The van der Waals surface area contributed by atoms with Gasteiger partial charge in [-0.2, -0.15) is 0 Å². The lowest BCUT2D eigenvalue weighted by atomic mass is 10.0. The zero-order valence-electron chi connectivity index (χ0n) is 6.49. The Morgan fingerprint density at radius 2 is 1.82 bits per heavy atom. The third-order valence-electron chi connectivity index (χ3n) is 1.61. The van der Waals surface area contributed by atoms with Crippen molar-refractivity contribution in [2.45, 2.75) is 19.1 Å². The third kappa shape index (κ3) is 2.03. The highest BCUT2D eigenvalue weighted by Crippen LogP contribution is 2.14. The van der Waals surface area contributed by atoms with Crippen LogP contribution >= 0.6 is 0 Å². The van der Waals surface area contributed by atoms with Gasteiger partial charge >= 0.3 is 0 Å². The molecule has 0 spiro atoms. The van der Waals surface area contributed by atoms with Crippen LogP contribution in [-0.4, -0.2) is 11.1 Å². The summed E-state index contributed by atoms with van der Waals surface area (Å²) in [5.74, 6) is 0. The van der Waals surface area contributed by atoms with E-state index in [1.165, 1.54) is 0 Å². The molecule has 0 aliphatic heterocycles. The molecule has 59 valence electrons. The summed E-state index contributed by atoms with van der Waals surface area (Å²) in [5, 5.41) is 9.41. The van der Waals surface area contributed by atoms with Crippen LogP contribution in [0.2, 0.25) is 0 Å². The Hall–Kier alpha value is -0.860. The van der Waals surface area contributed by atoms with Crippen LogP contribution in [0.4, 0.5) is 0 Å². The first-order valence-electron chi connectivity index (χ1n) is 3.66. The van der Waals surface area contributed by atoms with E-state index in [1.54, 1.807) is 6.92 Å². The minimum Gasteiger partial charge on any atom is -0.387 e. The van der Waals surface area contributed by atoms with Gasteiger partial charge < -0.3 is 5.11 Å². The average molecular weight is 150 g/mol. The summed E-state index contributed by atoms with van der Waals surface area (Å²) in [6.07, 6.45) is -0.656. The van der Waals surface area contributed by atoms with Gasteiger partial charge in [0.05, 0.1) is 6.10 Å². The maximum absolute atomic E-state index is 9.41. The smallest absolute Gasteiger partial charge is 0.0953 e. The summed E-state index contributed by atoms with van der Waals surface area (Å²) in [6, 6.07) is 8.82. The summed E-state index contributed by atoms with van der Waals surface area (Å²) < 4.78 is 0. The standard InChI is InChI=1S/C9H12NO/c1-7(10)9(11)8-5-3-2-4-6-8/h2-7,9-11H,1H3/t7-,9-/m1/s1. The molecule has 0 heterocycles. The molecule has 0 aromatic heterocycles. The SMILES string of the molecule is C[C@@H]([NH])[C@@H](O)c1ccccc1. The van der Waals surface area contributed by atoms with Crippen LogP contribution in [0.3, 0.4) is 0 Å². The van der Waals surface area contributed by atoms with E-state index in [0.29, 0.717) is 0 Å². The van der Waals surface area contributed by atoms with Gasteiger partial charge in [0.25, 0.3) is 0 Å². The lowest BCUT2D eigenvalue weighted by Crippen LogP contribution is -2.15. The minimum absolute atomic E-state index is 0.461. The predicted octanol–water partition coefficient (Wildman–Crippen LogP) is 1.39. The fourth-order valence-electron chi connectivity index (χ4n) is 0.939. The quantitative estimate of drug-likeness (QED) is 0.680. The largest absolute Gasteiger partial charge is 0.387 e. The normalized spacial score (nSPS) is 15.9.